The number of carboxylic acids is 1. The van der Waals surface area contributed by atoms with E-state index in [1.54, 1.807) is 24.3 Å². The molecule has 0 saturated carbocycles. The molecule has 0 aliphatic rings. The molecule has 0 aliphatic heterocycles. The SMILES string of the molecule is CC(C)CC(NC(=O)CNC(=O)C(Cc1ccc(O)cc1)NC(=O)C(N)Cc1ccc(O)cc1)C(=O)O. The number of nitrogens with one attached hydrogen (secondary N) is 3. The summed E-state index contributed by atoms with van der Waals surface area (Å²) in [6, 6.07) is 9.10. The summed E-state index contributed by atoms with van der Waals surface area (Å²) in [4.78, 5) is 49.4. The second kappa shape index (κ2) is 13.8. The third-order valence-electron chi connectivity index (χ3n) is 5.50. The standard InChI is InChI=1S/C26H34N4O7/c1-15(2)11-22(26(36)37)29-23(33)14-28-25(35)21(13-17-5-9-19(32)10-6-17)30-24(34)20(27)12-16-3-7-18(31)8-4-16/h3-10,15,20-22,31-32H,11-14,27H2,1-2H3,(H,28,35)(H,29,33)(H,30,34)(H,36,37). The Kier molecular flexibility index (Phi) is 10.9. The molecule has 2 aromatic carbocycles. The van der Waals surface area contributed by atoms with Gasteiger partial charge in [0.05, 0.1) is 12.6 Å². The fourth-order valence-corrected chi connectivity index (χ4v) is 3.56. The number of hydrogen-bond acceptors (Lipinski definition) is 7. The predicted molar refractivity (Wildman–Crippen MR) is 136 cm³/mol. The van der Waals surface area contributed by atoms with E-state index in [1.807, 2.05) is 13.8 Å². The fraction of sp³-hybridized carbons (Fsp3) is 0.385. The molecule has 0 fully saturated rings. The van der Waals surface area contributed by atoms with Gasteiger partial charge >= 0.3 is 5.97 Å². The van der Waals surface area contributed by atoms with Crippen LogP contribution in [0.15, 0.2) is 48.5 Å². The maximum Gasteiger partial charge on any atom is 0.326 e. The second-order valence-corrected chi connectivity index (χ2v) is 9.21. The molecule has 0 bridgehead atoms. The number of amides is 3. The average molecular weight is 515 g/mol. The highest BCUT2D eigenvalue weighted by Gasteiger charge is 2.26. The van der Waals surface area contributed by atoms with Gasteiger partial charge in [-0.2, -0.15) is 0 Å². The molecule has 37 heavy (non-hydrogen) atoms. The molecular weight excluding hydrogens is 480 g/mol. The molecule has 11 nitrogen and oxygen atoms in total. The highest BCUT2D eigenvalue weighted by atomic mass is 16.4. The first-order valence-electron chi connectivity index (χ1n) is 11.9. The highest BCUT2D eigenvalue weighted by Crippen LogP contribution is 2.13. The van der Waals surface area contributed by atoms with Crippen molar-refractivity contribution in [2.24, 2.45) is 11.7 Å². The fourth-order valence-electron chi connectivity index (χ4n) is 3.56. The summed E-state index contributed by atoms with van der Waals surface area (Å²) in [6.45, 7) is 3.17. The molecule has 0 aliphatic carbocycles. The number of carbonyl (C=O) groups is 4. The summed E-state index contributed by atoms with van der Waals surface area (Å²) in [5, 5.41) is 35.7. The third kappa shape index (κ3) is 10.2. The van der Waals surface area contributed by atoms with E-state index in [1.165, 1.54) is 24.3 Å². The minimum absolute atomic E-state index is 0.0340. The smallest absolute Gasteiger partial charge is 0.326 e. The van der Waals surface area contributed by atoms with Gasteiger partial charge in [0.2, 0.25) is 17.7 Å². The van der Waals surface area contributed by atoms with Crippen LogP contribution in [-0.4, -0.2) is 63.7 Å². The molecule has 8 N–H and O–H groups in total. The van der Waals surface area contributed by atoms with Crippen molar-refractivity contribution in [3.8, 4) is 11.5 Å². The maximum atomic E-state index is 12.9. The average Bonchev–Trinajstić information content (AvgIpc) is 2.84. The molecule has 3 unspecified atom stereocenters. The van der Waals surface area contributed by atoms with Crippen molar-refractivity contribution in [3.05, 3.63) is 59.7 Å². The van der Waals surface area contributed by atoms with Crippen molar-refractivity contribution in [3.63, 3.8) is 0 Å². The number of phenolic OH excluding ortho intramolecular Hbond substituents is 2. The van der Waals surface area contributed by atoms with Crippen LogP contribution in [0.5, 0.6) is 11.5 Å². The van der Waals surface area contributed by atoms with Crippen LogP contribution in [0, 0.1) is 5.92 Å². The Hall–Kier alpha value is -4.12. The minimum Gasteiger partial charge on any atom is -0.508 e. The van der Waals surface area contributed by atoms with E-state index in [9.17, 15) is 34.5 Å². The lowest BCUT2D eigenvalue weighted by atomic mass is 10.0. The van der Waals surface area contributed by atoms with Gasteiger partial charge in [-0.05, 0) is 54.2 Å². The Labute approximate surface area is 215 Å². The molecule has 3 amide bonds. The van der Waals surface area contributed by atoms with Crippen LogP contribution in [0.2, 0.25) is 0 Å². The summed E-state index contributed by atoms with van der Waals surface area (Å²) in [6.07, 6.45) is 0.443. The Bertz CT molecular complexity index is 1070. The molecule has 0 aromatic heterocycles. The summed E-state index contributed by atoms with van der Waals surface area (Å²) >= 11 is 0. The number of rotatable bonds is 13. The van der Waals surface area contributed by atoms with E-state index >= 15 is 0 Å². The lowest BCUT2D eigenvalue weighted by Crippen LogP contribution is -2.54. The minimum atomic E-state index is -1.17. The molecule has 3 atom stereocenters. The molecule has 2 aromatic rings. The van der Waals surface area contributed by atoms with Crippen molar-refractivity contribution < 1.29 is 34.5 Å². The second-order valence-electron chi connectivity index (χ2n) is 9.21. The van der Waals surface area contributed by atoms with E-state index in [0.717, 1.165) is 0 Å². The van der Waals surface area contributed by atoms with Gasteiger partial charge in [-0.3, -0.25) is 14.4 Å². The zero-order valence-electron chi connectivity index (χ0n) is 20.8. The molecule has 2 rings (SSSR count). The maximum absolute atomic E-state index is 12.9. The zero-order chi connectivity index (χ0) is 27.5. The van der Waals surface area contributed by atoms with Crippen LogP contribution < -0.4 is 21.7 Å². The molecule has 0 spiro atoms. The Balaban J connectivity index is 2.05. The lowest BCUT2D eigenvalue weighted by Gasteiger charge is -2.21. The zero-order valence-corrected chi connectivity index (χ0v) is 20.8. The summed E-state index contributed by atoms with van der Waals surface area (Å²) in [5.74, 6) is -2.96. The van der Waals surface area contributed by atoms with Gasteiger partial charge in [-0.15, -0.1) is 0 Å². The Morgan fingerprint density at radius 3 is 1.78 bits per heavy atom. The number of aromatic hydroxyl groups is 2. The van der Waals surface area contributed by atoms with Gasteiger partial charge in [0.25, 0.3) is 0 Å². The van der Waals surface area contributed by atoms with Crippen LogP contribution in [0.1, 0.15) is 31.4 Å². The quantitative estimate of drug-likeness (QED) is 0.200. The van der Waals surface area contributed by atoms with Crippen molar-refractivity contribution >= 4 is 23.7 Å². The van der Waals surface area contributed by atoms with Gasteiger partial charge in [0, 0.05) is 6.42 Å². The lowest BCUT2D eigenvalue weighted by molar-refractivity contribution is -0.142. The van der Waals surface area contributed by atoms with E-state index in [2.05, 4.69) is 16.0 Å². The first-order chi connectivity index (χ1) is 17.4. The molecule has 200 valence electrons. The third-order valence-corrected chi connectivity index (χ3v) is 5.50. The topological polar surface area (TPSA) is 191 Å². The van der Waals surface area contributed by atoms with Crippen LogP contribution in [-0.2, 0) is 32.0 Å². The molecule has 0 saturated heterocycles. The number of aliphatic carboxylic acids is 1. The van der Waals surface area contributed by atoms with Gasteiger partial charge in [0.1, 0.15) is 23.6 Å². The first kappa shape index (κ1) is 29.1. The predicted octanol–water partition coefficient (Wildman–Crippen LogP) is 0.427. The van der Waals surface area contributed by atoms with Crippen LogP contribution in [0.25, 0.3) is 0 Å². The largest absolute Gasteiger partial charge is 0.508 e. The van der Waals surface area contributed by atoms with Crippen molar-refractivity contribution in [2.75, 3.05) is 6.54 Å². The normalized spacial score (nSPS) is 13.3. The number of phenols is 2. The Morgan fingerprint density at radius 2 is 1.30 bits per heavy atom. The number of benzene rings is 2. The van der Waals surface area contributed by atoms with Crippen molar-refractivity contribution in [2.45, 2.75) is 51.2 Å². The number of nitrogens with two attached hydrogens (primary N) is 1. The monoisotopic (exact) mass is 514 g/mol. The van der Waals surface area contributed by atoms with Crippen LogP contribution in [0.4, 0.5) is 0 Å². The van der Waals surface area contributed by atoms with E-state index in [-0.39, 0.29) is 36.7 Å². The van der Waals surface area contributed by atoms with E-state index < -0.39 is 48.4 Å². The van der Waals surface area contributed by atoms with Gasteiger partial charge in [0.15, 0.2) is 0 Å². The number of hydrogen-bond donors (Lipinski definition) is 7. The highest BCUT2D eigenvalue weighted by molar-refractivity contribution is 5.92. The van der Waals surface area contributed by atoms with Gasteiger partial charge in [-0.25, -0.2) is 4.79 Å². The van der Waals surface area contributed by atoms with E-state index in [4.69, 9.17) is 5.73 Å². The molecule has 0 radical (unpaired) electrons. The molecule has 11 heteroatoms. The van der Waals surface area contributed by atoms with E-state index in [0.29, 0.717) is 11.1 Å². The summed E-state index contributed by atoms with van der Waals surface area (Å²) < 4.78 is 0. The van der Waals surface area contributed by atoms with Gasteiger partial charge < -0.3 is 37.0 Å². The van der Waals surface area contributed by atoms with Crippen LogP contribution in [0.3, 0.4) is 0 Å². The van der Waals surface area contributed by atoms with Crippen LogP contribution >= 0.6 is 0 Å². The van der Waals surface area contributed by atoms with Gasteiger partial charge in [-0.1, -0.05) is 38.1 Å². The first-order valence-corrected chi connectivity index (χ1v) is 11.9. The molecule has 0 heterocycles. The number of carbonyl (C=O) groups excluding carboxylic acids is 3. The summed E-state index contributed by atoms with van der Waals surface area (Å²) in [7, 11) is 0. The van der Waals surface area contributed by atoms with Crippen molar-refractivity contribution in [1.82, 2.24) is 16.0 Å². The summed E-state index contributed by atoms with van der Waals surface area (Å²) in [5.41, 5.74) is 7.39. The molecular formula is C26H34N4O7. The van der Waals surface area contributed by atoms with Crippen molar-refractivity contribution in [1.29, 1.82) is 0 Å². The Morgan fingerprint density at radius 1 is 0.784 bits per heavy atom. The number of carboxylic acid groups (broad SMARTS) is 1.